The van der Waals surface area contributed by atoms with Gasteiger partial charge >= 0.3 is 0 Å². The summed E-state index contributed by atoms with van der Waals surface area (Å²) in [5.41, 5.74) is 1.99. The van der Waals surface area contributed by atoms with E-state index >= 15 is 0 Å². The van der Waals surface area contributed by atoms with Gasteiger partial charge in [-0.1, -0.05) is 12.1 Å². The molecule has 0 saturated carbocycles. The molecule has 2 rings (SSSR count). The van der Waals surface area contributed by atoms with Gasteiger partial charge in [-0.05, 0) is 31.5 Å². The van der Waals surface area contributed by atoms with Crippen LogP contribution >= 0.6 is 11.3 Å². The van der Waals surface area contributed by atoms with E-state index in [2.05, 4.69) is 4.98 Å². The molecule has 0 bridgehead atoms. The Labute approximate surface area is 111 Å². The van der Waals surface area contributed by atoms with Crippen molar-refractivity contribution in [2.24, 2.45) is 0 Å². The quantitative estimate of drug-likeness (QED) is 0.922. The molecule has 18 heavy (non-hydrogen) atoms. The van der Waals surface area contributed by atoms with E-state index in [4.69, 9.17) is 4.74 Å². The van der Waals surface area contributed by atoms with Crippen LogP contribution in [0.1, 0.15) is 27.2 Å². The topological polar surface area (TPSA) is 42.4 Å². The van der Waals surface area contributed by atoms with E-state index in [9.17, 15) is 5.11 Å². The molecular weight excluding hydrogens is 246 g/mol. The van der Waals surface area contributed by atoms with Crippen LogP contribution < -0.4 is 4.74 Å². The van der Waals surface area contributed by atoms with Gasteiger partial charge in [-0.15, -0.1) is 11.3 Å². The first-order valence-corrected chi connectivity index (χ1v) is 6.66. The lowest BCUT2D eigenvalue weighted by atomic mass is 10.1. The summed E-state index contributed by atoms with van der Waals surface area (Å²) in [7, 11) is 1.65. The molecule has 0 amide bonds. The number of methoxy groups -OCH3 is 1. The minimum atomic E-state index is -0.497. The highest BCUT2D eigenvalue weighted by Crippen LogP contribution is 2.28. The van der Waals surface area contributed by atoms with Crippen molar-refractivity contribution in [1.82, 2.24) is 4.98 Å². The van der Waals surface area contributed by atoms with Crippen LogP contribution in [0.15, 0.2) is 24.3 Å². The first-order valence-electron chi connectivity index (χ1n) is 5.85. The Morgan fingerprint density at radius 1 is 1.39 bits per heavy atom. The van der Waals surface area contributed by atoms with Gasteiger partial charge in [0, 0.05) is 6.42 Å². The zero-order chi connectivity index (χ0) is 13.1. The van der Waals surface area contributed by atoms with Gasteiger partial charge in [0.2, 0.25) is 0 Å². The fourth-order valence-corrected chi connectivity index (χ4v) is 2.89. The third-order valence-corrected chi connectivity index (χ3v) is 3.98. The predicted molar refractivity (Wildman–Crippen MR) is 73.2 cm³/mol. The zero-order valence-corrected chi connectivity index (χ0v) is 11.6. The van der Waals surface area contributed by atoms with Crippen molar-refractivity contribution in [3.63, 3.8) is 0 Å². The third kappa shape index (κ3) is 2.89. The summed E-state index contributed by atoms with van der Waals surface area (Å²) in [4.78, 5) is 5.30. The molecule has 0 aliphatic rings. The maximum atomic E-state index is 10.3. The lowest BCUT2D eigenvalue weighted by Gasteiger charge is -2.10. The number of hydrogen-bond donors (Lipinski definition) is 1. The Bertz CT molecular complexity index is 536. The number of benzene rings is 1. The molecule has 1 aromatic heterocycles. The van der Waals surface area contributed by atoms with Gasteiger partial charge < -0.3 is 9.84 Å². The SMILES string of the molecule is COc1cccc(CC(O)c2sc(C)nc2C)c1. The van der Waals surface area contributed by atoms with Gasteiger partial charge in [-0.3, -0.25) is 0 Å². The number of rotatable bonds is 4. The van der Waals surface area contributed by atoms with Crippen LogP contribution in [0.25, 0.3) is 0 Å². The van der Waals surface area contributed by atoms with Crippen LogP contribution in [-0.4, -0.2) is 17.2 Å². The summed E-state index contributed by atoms with van der Waals surface area (Å²) >= 11 is 1.56. The van der Waals surface area contributed by atoms with Crippen LogP contribution in [0.2, 0.25) is 0 Å². The number of thiazole rings is 1. The molecule has 3 nitrogen and oxygen atoms in total. The number of aliphatic hydroxyl groups is 1. The highest BCUT2D eigenvalue weighted by atomic mass is 32.1. The summed E-state index contributed by atoms with van der Waals surface area (Å²) in [6, 6.07) is 7.78. The molecule has 0 fully saturated rings. The molecule has 0 spiro atoms. The molecule has 0 radical (unpaired) electrons. The zero-order valence-electron chi connectivity index (χ0n) is 10.8. The molecule has 1 aromatic carbocycles. The minimum Gasteiger partial charge on any atom is -0.497 e. The van der Waals surface area contributed by atoms with Crippen molar-refractivity contribution in [2.75, 3.05) is 7.11 Å². The van der Waals surface area contributed by atoms with E-state index in [0.717, 1.165) is 26.9 Å². The van der Waals surface area contributed by atoms with Crippen LogP contribution in [0.4, 0.5) is 0 Å². The fraction of sp³-hybridized carbons (Fsp3) is 0.357. The maximum Gasteiger partial charge on any atom is 0.119 e. The molecular formula is C14H17NO2S. The smallest absolute Gasteiger partial charge is 0.119 e. The van der Waals surface area contributed by atoms with E-state index in [0.29, 0.717) is 6.42 Å². The highest BCUT2D eigenvalue weighted by Gasteiger charge is 2.15. The third-order valence-electron chi connectivity index (χ3n) is 2.81. The summed E-state index contributed by atoms with van der Waals surface area (Å²) in [5, 5.41) is 11.3. The Kier molecular flexibility index (Phi) is 3.99. The fourth-order valence-electron chi connectivity index (χ4n) is 1.97. The van der Waals surface area contributed by atoms with Crippen molar-refractivity contribution in [2.45, 2.75) is 26.4 Å². The van der Waals surface area contributed by atoms with E-state index in [1.807, 2.05) is 38.1 Å². The van der Waals surface area contributed by atoms with Gasteiger partial charge in [0.1, 0.15) is 5.75 Å². The highest BCUT2D eigenvalue weighted by molar-refractivity contribution is 7.11. The molecule has 0 saturated heterocycles. The van der Waals surface area contributed by atoms with Crippen molar-refractivity contribution in [1.29, 1.82) is 0 Å². The Balaban J connectivity index is 2.15. The van der Waals surface area contributed by atoms with Crippen LogP contribution in [0.5, 0.6) is 5.75 Å². The number of ether oxygens (including phenoxy) is 1. The number of nitrogens with zero attached hydrogens (tertiary/aromatic N) is 1. The first-order chi connectivity index (χ1) is 8.60. The molecule has 2 aromatic rings. The van der Waals surface area contributed by atoms with Crippen molar-refractivity contribution >= 4 is 11.3 Å². The van der Waals surface area contributed by atoms with Crippen molar-refractivity contribution < 1.29 is 9.84 Å². The van der Waals surface area contributed by atoms with E-state index in [1.165, 1.54) is 0 Å². The second-order valence-electron chi connectivity index (χ2n) is 4.25. The summed E-state index contributed by atoms with van der Waals surface area (Å²) in [6.45, 7) is 3.90. The van der Waals surface area contributed by atoms with E-state index in [1.54, 1.807) is 18.4 Å². The minimum absolute atomic E-state index is 0.497. The molecule has 96 valence electrons. The second-order valence-corrected chi connectivity index (χ2v) is 5.49. The van der Waals surface area contributed by atoms with Crippen LogP contribution in [0.3, 0.4) is 0 Å². The maximum absolute atomic E-state index is 10.3. The van der Waals surface area contributed by atoms with E-state index in [-0.39, 0.29) is 0 Å². The van der Waals surface area contributed by atoms with Gasteiger partial charge in [-0.2, -0.15) is 0 Å². The Morgan fingerprint density at radius 3 is 2.78 bits per heavy atom. The standard InChI is InChI=1S/C14H17NO2S/c1-9-14(18-10(2)15-9)13(16)8-11-5-4-6-12(7-11)17-3/h4-7,13,16H,8H2,1-3H3. The Morgan fingerprint density at radius 2 is 2.17 bits per heavy atom. The molecule has 1 unspecified atom stereocenters. The lowest BCUT2D eigenvalue weighted by Crippen LogP contribution is -2.01. The summed E-state index contributed by atoms with van der Waals surface area (Å²) in [6.07, 6.45) is 0.0861. The molecule has 0 aliphatic heterocycles. The molecule has 0 aliphatic carbocycles. The van der Waals surface area contributed by atoms with Crippen LogP contribution in [0, 0.1) is 13.8 Å². The largest absolute Gasteiger partial charge is 0.497 e. The van der Waals surface area contributed by atoms with Gasteiger partial charge in [0.25, 0.3) is 0 Å². The summed E-state index contributed by atoms with van der Waals surface area (Å²) in [5.74, 6) is 0.817. The van der Waals surface area contributed by atoms with Crippen molar-refractivity contribution in [3.05, 3.63) is 45.4 Å². The Hall–Kier alpha value is -1.39. The molecule has 1 heterocycles. The normalized spacial score (nSPS) is 12.4. The molecule has 1 atom stereocenters. The number of aromatic nitrogens is 1. The van der Waals surface area contributed by atoms with Gasteiger partial charge in [0.15, 0.2) is 0 Å². The first kappa shape index (κ1) is 13.1. The number of hydrogen-bond acceptors (Lipinski definition) is 4. The lowest BCUT2D eigenvalue weighted by molar-refractivity contribution is 0.181. The monoisotopic (exact) mass is 263 g/mol. The summed E-state index contributed by atoms with van der Waals surface area (Å²) < 4.78 is 5.18. The van der Waals surface area contributed by atoms with Gasteiger partial charge in [-0.25, -0.2) is 4.98 Å². The molecule has 4 heteroatoms. The number of aliphatic hydroxyl groups excluding tert-OH is 1. The van der Waals surface area contributed by atoms with Gasteiger partial charge in [0.05, 0.1) is 28.8 Å². The predicted octanol–water partition coefficient (Wildman–Crippen LogP) is 3.04. The average Bonchev–Trinajstić information content (AvgIpc) is 2.69. The van der Waals surface area contributed by atoms with Crippen molar-refractivity contribution in [3.8, 4) is 5.75 Å². The van der Waals surface area contributed by atoms with Crippen LogP contribution in [-0.2, 0) is 6.42 Å². The number of aryl methyl sites for hydroxylation is 2. The average molecular weight is 263 g/mol. The molecule has 1 N–H and O–H groups in total. The second kappa shape index (κ2) is 5.50. The van der Waals surface area contributed by atoms with E-state index < -0.39 is 6.10 Å².